The summed E-state index contributed by atoms with van der Waals surface area (Å²) in [5.74, 6) is 1.08. The first-order valence-electron chi connectivity index (χ1n) is 9.57. The lowest BCUT2D eigenvalue weighted by Crippen LogP contribution is -2.38. The van der Waals surface area contributed by atoms with Crippen LogP contribution in [0, 0.1) is 0 Å². The van der Waals surface area contributed by atoms with Gasteiger partial charge in [-0.3, -0.25) is 4.90 Å². The van der Waals surface area contributed by atoms with Gasteiger partial charge in [-0.1, -0.05) is 12.1 Å². The molecule has 4 rings (SSSR count). The molecule has 0 bridgehead atoms. The average Bonchev–Trinajstić information content (AvgIpc) is 3.10. The Kier molecular flexibility index (Phi) is 5.36. The Hall–Kier alpha value is -1.10. The fraction of sp³-hybridized carbons (Fsp3) is 0.700. The molecule has 0 spiro atoms. The third kappa shape index (κ3) is 4.11. The van der Waals surface area contributed by atoms with Gasteiger partial charge in [0.25, 0.3) is 0 Å². The van der Waals surface area contributed by atoms with Gasteiger partial charge in [-0.05, 0) is 49.3 Å². The lowest BCUT2D eigenvalue weighted by atomic mass is 10.0. The highest BCUT2D eigenvalue weighted by Crippen LogP contribution is 2.27. The molecule has 4 nitrogen and oxygen atoms in total. The molecule has 0 N–H and O–H groups in total. The van der Waals surface area contributed by atoms with Gasteiger partial charge in [-0.25, -0.2) is 0 Å². The first-order valence-corrected chi connectivity index (χ1v) is 9.57. The Bertz CT molecular complexity index is 534. The molecule has 3 aliphatic heterocycles. The lowest BCUT2D eigenvalue weighted by Gasteiger charge is -2.33. The van der Waals surface area contributed by atoms with Crippen LogP contribution in [-0.4, -0.2) is 50.0 Å². The van der Waals surface area contributed by atoms with Crippen LogP contribution < -0.4 is 4.74 Å². The van der Waals surface area contributed by atoms with Gasteiger partial charge >= 0.3 is 0 Å². The summed E-state index contributed by atoms with van der Waals surface area (Å²) in [5.41, 5.74) is 2.78. The van der Waals surface area contributed by atoms with Crippen molar-refractivity contribution in [1.29, 1.82) is 0 Å². The van der Waals surface area contributed by atoms with E-state index in [-0.39, 0.29) is 0 Å². The molecule has 0 aliphatic carbocycles. The van der Waals surface area contributed by atoms with Crippen molar-refractivity contribution in [1.82, 2.24) is 4.90 Å². The van der Waals surface area contributed by atoms with Crippen molar-refractivity contribution >= 4 is 0 Å². The highest BCUT2D eigenvalue weighted by atomic mass is 16.5. The lowest BCUT2D eigenvalue weighted by molar-refractivity contribution is -0.0753. The molecule has 1 aromatic carbocycles. The molecule has 3 heterocycles. The maximum atomic E-state index is 6.11. The maximum absolute atomic E-state index is 6.11. The monoisotopic (exact) mass is 331 g/mol. The molecule has 132 valence electrons. The number of fused-ring (bicyclic) bond motifs is 1. The molecule has 0 radical (unpaired) electrons. The van der Waals surface area contributed by atoms with Gasteiger partial charge in [0.05, 0.1) is 25.4 Å². The largest absolute Gasteiger partial charge is 0.493 e. The molecule has 1 atom stereocenters. The maximum Gasteiger partial charge on any atom is 0.122 e. The number of rotatable bonds is 5. The summed E-state index contributed by atoms with van der Waals surface area (Å²) in [5, 5.41) is 0. The SMILES string of the molecule is c1cc2c(cc1CN1CCC(OC[C@@H]3CCCCO3)CC1)CCO2. The summed E-state index contributed by atoms with van der Waals surface area (Å²) >= 11 is 0. The summed E-state index contributed by atoms with van der Waals surface area (Å²) in [6, 6.07) is 6.68. The van der Waals surface area contributed by atoms with Crippen LogP contribution in [0.2, 0.25) is 0 Å². The van der Waals surface area contributed by atoms with Crippen LogP contribution in [-0.2, 0) is 22.4 Å². The zero-order valence-electron chi connectivity index (χ0n) is 14.5. The quantitative estimate of drug-likeness (QED) is 0.829. The predicted molar refractivity (Wildman–Crippen MR) is 93.5 cm³/mol. The molecule has 0 aromatic heterocycles. The minimum Gasteiger partial charge on any atom is -0.493 e. The number of hydrogen-bond donors (Lipinski definition) is 0. The molecule has 2 fully saturated rings. The summed E-state index contributed by atoms with van der Waals surface area (Å²) in [6.45, 7) is 5.85. The van der Waals surface area contributed by atoms with E-state index in [0.29, 0.717) is 12.2 Å². The smallest absolute Gasteiger partial charge is 0.122 e. The van der Waals surface area contributed by atoms with Gasteiger partial charge in [0, 0.05) is 32.7 Å². The molecule has 3 aliphatic rings. The van der Waals surface area contributed by atoms with Crippen molar-refractivity contribution < 1.29 is 14.2 Å². The van der Waals surface area contributed by atoms with E-state index in [4.69, 9.17) is 14.2 Å². The van der Waals surface area contributed by atoms with E-state index in [9.17, 15) is 0 Å². The van der Waals surface area contributed by atoms with Crippen LogP contribution in [0.4, 0.5) is 0 Å². The highest BCUT2D eigenvalue weighted by Gasteiger charge is 2.22. The summed E-state index contributed by atoms with van der Waals surface area (Å²) in [6.07, 6.45) is 7.76. The van der Waals surface area contributed by atoms with Crippen molar-refractivity contribution in [3.05, 3.63) is 29.3 Å². The van der Waals surface area contributed by atoms with Crippen molar-refractivity contribution in [2.75, 3.05) is 32.9 Å². The second-order valence-corrected chi connectivity index (χ2v) is 7.34. The minimum atomic E-state index is 0.338. The van der Waals surface area contributed by atoms with Gasteiger partial charge in [-0.15, -0.1) is 0 Å². The third-order valence-corrected chi connectivity index (χ3v) is 5.49. The summed E-state index contributed by atoms with van der Waals surface area (Å²) < 4.78 is 17.5. The predicted octanol–water partition coefficient (Wildman–Crippen LogP) is 3.17. The fourth-order valence-corrected chi connectivity index (χ4v) is 4.01. The molecule has 0 saturated carbocycles. The van der Waals surface area contributed by atoms with Gasteiger partial charge < -0.3 is 14.2 Å². The van der Waals surface area contributed by atoms with Crippen LogP contribution in [0.5, 0.6) is 5.75 Å². The van der Waals surface area contributed by atoms with Gasteiger partial charge in [0.2, 0.25) is 0 Å². The van der Waals surface area contributed by atoms with Crippen LogP contribution in [0.25, 0.3) is 0 Å². The fourth-order valence-electron chi connectivity index (χ4n) is 4.01. The molecule has 0 unspecified atom stereocenters. The van der Waals surface area contributed by atoms with Gasteiger partial charge in [-0.2, -0.15) is 0 Å². The number of hydrogen-bond acceptors (Lipinski definition) is 4. The number of piperidine rings is 1. The first-order chi connectivity index (χ1) is 11.9. The zero-order valence-corrected chi connectivity index (χ0v) is 14.5. The van der Waals surface area contributed by atoms with Crippen LogP contribution in [0.3, 0.4) is 0 Å². The van der Waals surface area contributed by atoms with Crippen LogP contribution >= 0.6 is 0 Å². The molecular formula is C20H29NO3. The number of likely N-dealkylation sites (tertiary alicyclic amines) is 1. The van der Waals surface area contributed by atoms with Crippen molar-refractivity contribution in [2.24, 2.45) is 0 Å². The normalized spacial score (nSPS) is 25.4. The second kappa shape index (κ2) is 7.85. The number of benzene rings is 1. The standard InChI is InChI=1S/C20H29NO3/c1-2-11-22-19(3-1)15-24-18-6-9-21(10-7-18)14-16-4-5-20-17(13-16)8-12-23-20/h4-5,13,18-19H,1-3,6-12,14-15H2/t19-/m0/s1. The van der Waals surface area contributed by atoms with E-state index in [1.165, 1.54) is 30.4 Å². The molecular weight excluding hydrogens is 302 g/mol. The van der Waals surface area contributed by atoms with E-state index < -0.39 is 0 Å². The van der Waals surface area contributed by atoms with Crippen LogP contribution in [0.15, 0.2) is 18.2 Å². The number of nitrogens with zero attached hydrogens (tertiary/aromatic N) is 1. The molecule has 0 amide bonds. The van der Waals surface area contributed by atoms with E-state index in [2.05, 4.69) is 23.1 Å². The minimum absolute atomic E-state index is 0.338. The Morgan fingerprint density at radius 3 is 2.83 bits per heavy atom. The third-order valence-electron chi connectivity index (χ3n) is 5.49. The molecule has 24 heavy (non-hydrogen) atoms. The Morgan fingerprint density at radius 1 is 1.08 bits per heavy atom. The van der Waals surface area contributed by atoms with E-state index in [1.807, 2.05) is 0 Å². The van der Waals surface area contributed by atoms with Crippen molar-refractivity contribution in [3.63, 3.8) is 0 Å². The zero-order chi connectivity index (χ0) is 16.2. The van der Waals surface area contributed by atoms with Gasteiger partial charge in [0.15, 0.2) is 0 Å². The van der Waals surface area contributed by atoms with E-state index in [1.54, 1.807) is 0 Å². The van der Waals surface area contributed by atoms with E-state index in [0.717, 1.165) is 64.5 Å². The second-order valence-electron chi connectivity index (χ2n) is 7.34. The summed E-state index contributed by atoms with van der Waals surface area (Å²) in [4.78, 5) is 2.55. The Morgan fingerprint density at radius 2 is 2.00 bits per heavy atom. The van der Waals surface area contributed by atoms with Crippen molar-refractivity contribution in [2.45, 2.75) is 57.3 Å². The number of ether oxygens (including phenoxy) is 3. The first kappa shape index (κ1) is 16.4. The van der Waals surface area contributed by atoms with Crippen LogP contribution in [0.1, 0.15) is 43.2 Å². The molecule has 4 heteroatoms. The highest BCUT2D eigenvalue weighted by molar-refractivity contribution is 5.39. The van der Waals surface area contributed by atoms with Gasteiger partial charge in [0.1, 0.15) is 5.75 Å². The average molecular weight is 331 g/mol. The van der Waals surface area contributed by atoms with E-state index >= 15 is 0 Å². The molecule has 2 saturated heterocycles. The Balaban J connectivity index is 1.20. The summed E-state index contributed by atoms with van der Waals surface area (Å²) in [7, 11) is 0. The van der Waals surface area contributed by atoms with Crippen molar-refractivity contribution in [3.8, 4) is 5.75 Å². The molecule has 1 aromatic rings. The Labute approximate surface area is 145 Å². The topological polar surface area (TPSA) is 30.9 Å².